The molecule has 1 heterocycles. The van der Waals surface area contributed by atoms with Gasteiger partial charge < -0.3 is 5.32 Å². The number of rotatable bonds is 6. The molecule has 0 aliphatic carbocycles. The van der Waals surface area contributed by atoms with Gasteiger partial charge in [0.15, 0.2) is 0 Å². The van der Waals surface area contributed by atoms with Gasteiger partial charge in [-0.15, -0.1) is 11.3 Å². The van der Waals surface area contributed by atoms with E-state index in [1.54, 1.807) is 6.07 Å². The molecule has 0 spiro atoms. The Morgan fingerprint density at radius 3 is 2.57 bits per heavy atom. The second kappa shape index (κ2) is 7.16. The third kappa shape index (κ3) is 4.57. The molecule has 23 heavy (non-hydrogen) atoms. The van der Waals surface area contributed by atoms with Crippen molar-refractivity contribution < 1.29 is 22.0 Å². The van der Waals surface area contributed by atoms with Crippen LogP contribution in [0.15, 0.2) is 34.5 Å². The largest absolute Gasteiger partial charge is 0.322 e. The SMILES string of the molecule is CCc1ccc(S(=O)(=O)NCC(=O)Nc2ccc(F)cc2F)s1. The number of anilines is 1. The Hall–Kier alpha value is -1.84. The number of hydrogen-bond donors (Lipinski definition) is 2. The molecule has 0 aliphatic rings. The lowest BCUT2D eigenvalue weighted by Crippen LogP contribution is -2.32. The molecule has 0 fully saturated rings. The summed E-state index contributed by atoms with van der Waals surface area (Å²) >= 11 is 1.12. The van der Waals surface area contributed by atoms with Gasteiger partial charge in [-0.3, -0.25) is 4.79 Å². The van der Waals surface area contributed by atoms with Gasteiger partial charge >= 0.3 is 0 Å². The van der Waals surface area contributed by atoms with E-state index in [0.29, 0.717) is 12.5 Å². The molecular formula is C14H14F2N2O3S2. The first-order chi connectivity index (χ1) is 10.8. The van der Waals surface area contributed by atoms with Crippen molar-refractivity contribution in [2.75, 3.05) is 11.9 Å². The van der Waals surface area contributed by atoms with Crippen molar-refractivity contribution in [3.05, 3.63) is 46.8 Å². The first-order valence-corrected chi connectivity index (χ1v) is 8.95. The predicted octanol–water partition coefficient (Wildman–Crippen LogP) is 2.51. The Balaban J connectivity index is 1.98. The summed E-state index contributed by atoms with van der Waals surface area (Å²) in [6, 6.07) is 5.83. The van der Waals surface area contributed by atoms with Gasteiger partial charge in [0.2, 0.25) is 5.91 Å². The number of carbonyl (C=O) groups excluding carboxylic acids is 1. The van der Waals surface area contributed by atoms with Gasteiger partial charge in [0, 0.05) is 10.9 Å². The molecule has 0 saturated carbocycles. The summed E-state index contributed by atoms with van der Waals surface area (Å²) in [4.78, 5) is 12.6. The van der Waals surface area contributed by atoms with Crippen LogP contribution in [0.1, 0.15) is 11.8 Å². The van der Waals surface area contributed by atoms with Crippen LogP contribution in [0.3, 0.4) is 0 Å². The van der Waals surface area contributed by atoms with Gasteiger partial charge in [0.05, 0.1) is 12.2 Å². The Labute approximate surface area is 136 Å². The molecule has 1 amide bonds. The number of benzene rings is 1. The first-order valence-electron chi connectivity index (χ1n) is 6.65. The van der Waals surface area contributed by atoms with E-state index in [-0.39, 0.29) is 9.90 Å². The van der Waals surface area contributed by atoms with Gasteiger partial charge in [-0.2, -0.15) is 0 Å². The maximum atomic E-state index is 13.4. The van der Waals surface area contributed by atoms with Crippen molar-refractivity contribution in [3.8, 4) is 0 Å². The number of sulfonamides is 1. The van der Waals surface area contributed by atoms with Crippen LogP contribution in [-0.4, -0.2) is 20.9 Å². The smallest absolute Gasteiger partial charge is 0.250 e. The van der Waals surface area contributed by atoms with Gasteiger partial charge in [-0.05, 0) is 30.7 Å². The molecule has 0 unspecified atom stereocenters. The first kappa shape index (κ1) is 17.5. The molecule has 2 aromatic rings. The molecule has 0 atom stereocenters. The van der Waals surface area contributed by atoms with E-state index in [2.05, 4.69) is 10.0 Å². The molecule has 0 aliphatic heterocycles. The van der Waals surface area contributed by atoms with Gasteiger partial charge in [-0.1, -0.05) is 6.92 Å². The monoisotopic (exact) mass is 360 g/mol. The molecule has 0 saturated heterocycles. The minimum Gasteiger partial charge on any atom is -0.322 e. The Bertz CT molecular complexity index is 819. The number of hydrogen-bond acceptors (Lipinski definition) is 4. The lowest BCUT2D eigenvalue weighted by atomic mass is 10.3. The molecule has 5 nitrogen and oxygen atoms in total. The normalized spacial score (nSPS) is 11.4. The maximum Gasteiger partial charge on any atom is 0.250 e. The molecule has 9 heteroatoms. The lowest BCUT2D eigenvalue weighted by molar-refractivity contribution is -0.115. The third-order valence-electron chi connectivity index (χ3n) is 2.88. The van der Waals surface area contributed by atoms with Crippen molar-refractivity contribution in [2.45, 2.75) is 17.6 Å². The fourth-order valence-electron chi connectivity index (χ4n) is 1.71. The van der Waals surface area contributed by atoms with Gasteiger partial charge in [0.1, 0.15) is 15.8 Å². The fourth-order valence-corrected chi connectivity index (χ4v) is 4.03. The fraction of sp³-hybridized carbons (Fsp3) is 0.214. The van der Waals surface area contributed by atoms with Crippen molar-refractivity contribution in [1.82, 2.24) is 4.72 Å². The lowest BCUT2D eigenvalue weighted by Gasteiger charge is -2.07. The number of amides is 1. The predicted molar refractivity (Wildman–Crippen MR) is 83.9 cm³/mol. The highest BCUT2D eigenvalue weighted by molar-refractivity contribution is 7.91. The highest BCUT2D eigenvalue weighted by Gasteiger charge is 2.18. The van der Waals surface area contributed by atoms with Crippen molar-refractivity contribution in [3.63, 3.8) is 0 Å². The summed E-state index contributed by atoms with van der Waals surface area (Å²) in [5.74, 6) is -2.47. The molecule has 1 aromatic carbocycles. The molecular weight excluding hydrogens is 346 g/mol. The van der Waals surface area contributed by atoms with Crippen molar-refractivity contribution in [1.29, 1.82) is 0 Å². The Morgan fingerprint density at radius 1 is 1.22 bits per heavy atom. The van der Waals surface area contributed by atoms with Gasteiger partial charge in [-0.25, -0.2) is 21.9 Å². The van der Waals surface area contributed by atoms with E-state index < -0.39 is 34.1 Å². The average Bonchev–Trinajstić information content (AvgIpc) is 2.98. The van der Waals surface area contributed by atoms with Crippen LogP contribution in [0.5, 0.6) is 0 Å². The average molecular weight is 360 g/mol. The highest BCUT2D eigenvalue weighted by Crippen LogP contribution is 2.21. The Kier molecular flexibility index (Phi) is 5.45. The van der Waals surface area contributed by atoms with Crippen LogP contribution >= 0.6 is 11.3 Å². The zero-order valence-corrected chi connectivity index (χ0v) is 13.7. The minimum atomic E-state index is -3.80. The summed E-state index contributed by atoms with van der Waals surface area (Å²) in [5.41, 5.74) is -0.222. The zero-order valence-electron chi connectivity index (χ0n) is 12.1. The number of thiophene rings is 1. The zero-order chi connectivity index (χ0) is 17.0. The molecule has 0 bridgehead atoms. The van der Waals surface area contributed by atoms with Crippen molar-refractivity contribution in [2.24, 2.45) is 0 Å². The highest BCUT2D eigenvalue weighted by atomic mass is 32.2. The van der Waals surface area contributed by atoms with Crippen molar-refractivity contribution >= 4 is 33.0 Å². The van der Waals surface area contributed by atoms with Crippen LogP contribution in [0.4, 0.5) is 14.5 Å². The summed E-state index contributed by atoms with van der Waals surface area (Å²) in [6.45, 7) is 1.35. The second-order valence-electron chi connectivity index (χ2n) is 4.57. The maximum absolute atomic E-state index is 13.4. The van der Waals surface area contributed by atoms with Crippen LogP contribution in [0.25, 0.3) is 0 Å². The summed E-state index contributed by atoms with van der Waals surface area (Å²) in [5, 5.41) is 2.17. The second-order valence-corrected chi connectivity index (χ2v) is 7.73. The molecule has 1 aromatic heterocycles. The van der Waals surface area contributed by atoms with E-state index >= 15 is 0 Å². The van der Waals surface area contributed by atoms with E-state index in [9.17, 15) is 22.0 Å². The molecule has 124 valence electrons. The Morgan fingerprint density at radius 2 is 1.96 bits per heavy atom. The third-order valence-corrected chi connectivity index (χ3v) is 6.00. The van der Waals surface area contributed by atoms with E-state index in [0.717, 1.165) is 28.3 Å². The van der Waals surface area contributed by atoms with Crippen LogP contribution in [0, 0.1) is 11.6 Å². The number of aryl methyl sites for hydroxylation is 1. The summed E-state index contributed by atoms with van der Waals surface area (Å²) < 4.78 is 52.5. The van der Waals surface area contributed by atoms with Gasteiger partial charge in [0.25, 0.3) is 10.0 Å². The van der Waals surface area contributed by atoms with Crippen LogP contribution in [-0.2, 0) is 21.2 Å². The van der Waals surface area contributed by atoms with E-state index in [4.69, 9.17) is 0 Å². The molecule has 0 radical (unpaired) electrons. The van der Waals surface area contributed by atoms with E-state index in [1.807, 2.05) is 6.92 Å². The molecule has 2 N–H and O–H groups in total. The number of carbonyl (C=O) groups is 1. The number of halogens is 2. The topological polar surface area (TPSA) is 75.3 Å². The quantitative estimate of drug-likeness (QED) is 0.831. The molecule has 2 rings (SSSR count). The summed E-state index contributed by atoms with van der Waals surface area (Å²) in [7, 11) is -3.80. The van der Waals surface area contributed by atoms with E-state index in [1.165, 1.54) is 6.07 Å². The number of nitrogens with one attached hydrogen (secondary N) is 2. The van der Waals surface area contributed by atoms with Crippen LogP contribution in [0.2, 0.25) is 0 Å². The summed E-state index contributed by atoms with van der Waals surface area (Å²) in [6.07, 6.45) is 0.713. The van der Waals surface area contributed by atoms with Crippen LogP contribution < -0.4 is 10.0 Å². The standard InChI is InChI=1S/C14H14F2N2O3S2/c1-2-10-4-6-14(22-10)23(20,21)17-8-13(19)18-12-5-3-9(15)7-11(12)16/h3-7,17H,2,8H2,1H3,(H,18,19). The minimum absolute atomic E-state index is 0.107.